The molecule has 3 N–H and O–H groups in total. The SMILES string of the molecule is CCC1c2c(-c3cc(N4CCN(C)CC4)cnc3C(C)OC)n(CC)c3cc(C)c(cc23)-c2cc(O)cc(c2)CC(NC(=O)C(C(C)C)N(C)C(=O)C2OCCC2c2ccccc2)C(=O)N2CCCC(N2)C(=O)OCC1C. The number of likely N-dealkylation sites (N-methyl/N-ethyl adjacent to an activating group) is 2. The first-order valence-corrected chi connectivity index (χ1v) is 28.0. The van der Waals surface area contributed by atoms with Crippen LogP contribution in [0.25, 0.3) is 33.3 Å². The number of esters is 1. The summed E-state index contributed by atoms with van der Waals surface area (Å²) in [7, 11) is 5.50. The third-order valence-electron chi connectivity index (χ3n) is 16.8. The zero-order valence-corrected chi connectivity index (χ0v) is 46.8. The van der Waals surface area contributed by atoms with Crippen LogP contribution in [0.2, 0.25) is 0 Å². The van der Waals surface area contributed by atoms with Crippen LogP contribution in [-0.2, 0) is 46.4 Å². The molecule has 4 aliphatic heterocycles. The number of amides is 3. The number of aromatic hydroxyl groups is 1. The molecule has 8 unspecified atom stereocenters. The maximum atomic E-state index is 15.0. The first-order chi connectivity index (χ1) is 37.0. The first kappa shape index (κ1) is 55.4. The number of nitrogens with one attached hydrogen (secondary N) is 2. The molecular weight excluding hydrogens is 973 g/mol. The number of carbonyl (C=O) groups excluding carboxylic acids is 4. The van der Waals surface area contributed by atoms with Gasteiger partial charge in [0.2, 0.25) is 5.91 Å². The Morgan fingerprint density at radius 1 is 0.974 bits per heavy atom. The van der Waals surface area contributed by atoms with Crippen molar-refractivity contribution in [2.45, 2.75) is 129 Å². The molecule has 0 saturated carbocycles. The Balaban J connectivity index is 1.15. The molecule has 3 fully saturated rings. The highest BCUT2D eigenvalue weighted by Gasteiger charge is 2.42. The molecule has 77 heavy (non-hydrogen) atoms. The van der Waals surface area contributed by atoms with Crippen LogP contribution in [0.5, 0.6) is 5.75 Å². The highest BCUT2D eigenvalue weighted by molar-refractivity contribution is 5.98. The average Bonchev–Trinajstić information content (AvgIpc) is 4.22. The molecule has 4 aliphatic rings. The molecular formula is C61H80N8O8. The van der Waals surface area contributed by atoms with E-state index >= 15 is 4.79 Å². The summed E-state index contributed by atoms with van der Waals surface area (Å²) in [6, 6.07) is 19.0. The van der Waals surface area contributed by atoms with Gasteiger partial charge in [0.05, 0.1) is 36.0 Å². The number of nitrogens with zero attached hydrogens (tertiary/aromatic N) is 6. The van der Waals surface area contributed by atoms with Crippen molar-refractivity contribution in [2.75, 3.05) is 72.0 Å². The van der Waals surface area contributed by atoms with Gasteiger partial charge in [-0.1, -0.05) is 64.1 Å². The van der Waals surface area contributed by atoms with E-state index in [2.05, 4.69) is 78.1 Å². The van der Waals surface area contributed by atoms with Gasteiger partial charge in [-0.3, -0.25) is 29.2 Å². The van der Waals surface area contributed by atoms with E-state index in [1.54, 1.807) is 26.3 Å². The maximum absolute atomic E-state index is 15.0. The number of aryl methyl sites for hydroxylation is 2. The smallest absolute Gasteiger partial charge is 0.324 e. The van der Waals surface area contributed by atoms with Crippen molar-refractivity contribution < 1.29 is 38.5 Å². The number of hydrazine groups is 1. The summed E-state index contributed by atoms with van der Waals surface area (Å²) in [5.41, 5.74) is 13.6. The number of pyridine rings is 1. The van der Waals surface area contributed by atoms with Gasteiger partial charge in [-0.2, -0.15) is 0 Å². The Labute approximate surface area is 454 Å². The monoisotopic (exact) mass is 1050 g/mol. The van der Waals surface area contributed by atoms with Crippen LogP contribution in [0.3, 0.4) is 0 Å². The lowest BCUT2D eigenvalue weighted by Gasteiger charge is -2.37. The van der Waals surface area contributed by atoms with Gasteiger partial charge in [-0.05, 0) is 135 Å². The molecule has 0 radical (unpaired) electrons. The molecule has 6 heterocycles. The van der Waals surface area contributed by atoms with Crippen molar-refractivity contribution in [1.29, 1.82) is 0 Å². The number of benzene rings is 3. The second kappa shape index (κ2) is 23.7. The minimum atomic E-state index is -1.16. The number of ether oxygens (including phenoxy) is 3. The van der Waals surface area contributed by atoms with Crippen LogP contribution in [0.15, 0.2) is 72.9 Å². The predicted molar refractivity (Wildman–Crippen MR) is 299 cm³/mol. The lowest BCUT2D eigenvalue weighted by Crippen LogP contribution is -2.62. The standard InChI is InChI=1S/C61H80N8O8/c1-11-45-38(6)35-77-61(74)50-19-16-21-69(64-50)59(72)51(63-58(71)55(36(3)4)66(9)60(73)57-46(20-26-76-57)41-17-14-13-15-18-41)30-40-28-42(31-44(70)29-40)47-33-48-52(27-37(47)5)68(12-2)56(53(45)48)49-32-43(34-62-54(49)39(7)75-10)67-24-22-65(8)23-25-67/h13-15,17-18,27-29,31-34,36,38-39,45-46,50-51,55,57,64,70H,11-12,16,19-26,30,35H2,1-10H3,(H,63,71). The number of carbonyl (C=O) groups is 4. The average molecular weight is 1050 g/mol. The Morgan fingerprint density at radius 2 is 1.73 bits per heavy atom. The quantitative estimate of drug-likeness (QED) is 0.103. The second-order valence-corrected chi connectivity index (χ2v) is 22.3. The van der Waals surface area contributed by atoms with Gasteiger partial charge in [-0.15, -0.1) is 0 Å². The van der Waals surface area contributed by atoms with Gasteiger partial charge >= 0.3 is 5.97 Å². The zero-order chi connectivity index (χ0) is 54.8. The fourth-order valence-corrected chi connectivity index (χ4v) is 12.6. The fourth-order valence-electron chi connectivity index (χ4n) is 12.6. The molecule has 2 aromatic heterocycles. The highest BCUT2D eigenvalue weighted by atomic mass is 16.5. The summed E-state index contributed by atoms with van der Waals surface area (Å²) in [5, 5.41) is 17.2. The van der Waals surface area contributed by atoms with E-state index < -0.39 is 42.0 Å². The normalized spacial score (nSPS) is 23.4. The number of phenols is 1. The van der Waals surface area contributed by atoms with Crippen molar-refractivity contribution in [3.63, 3.8) is 0 Å². The number of hydrogen-bond acceptors (Lipinski definition) is 12. The van der Waals surface area contributed by atoms with Gasteiger partial charge in [0.25, 0.3) is 11.8 Å². The summed E-state index contributed by atoms with van der Waals surface area (Å²) in [6.07, 6.45) is 3.27. The van der Waals surface area contributed by atoms with E-state index in [1.165, 1.54) is 9.91 Å². The van der Waals surface area contributed by atoms with E-state index in [0.29, 0.717) is 38.0 Å². The van der Waals surface area contributed by atoms with Crippen LogP contribution in [0, 0.1) is 18.8 Å². The summed E-state index contributed by atoms with van der Waals surface area (Å²) >= 11 is 0. The number of phenolic OH excluding ortho intramolecular Hbond substituents is 1. The topological polar surface area (TPSA) is 171 Å². The van der Waals surface area contributed by atoms with E-state index in [0.717, 1.165) is 94.0 Å². The maximum Gasteiger partial charge on any atom is 0.324 e. The minimum absolute atomic E-state index is 0.00100. The van der Waals surface area contributed by atoms with Crippen LogP contribution >= 0.6 is 0 Å². The molecule has 16 nitrogen and oxygen atoms in total. The van der Waals surface area contributed by atoms with Crippen LogP contribution in [0.4, 0.5) is 5.69 Å². The lowest BCUT2D eigenvalue weighted by atomic mass is 9.81. The molecule has 3 saturated heterocycles. The van der Waals surface area contributed by atoms with Crippen LogP contribution in [-0.4, -0.2) is 145 Å². The van der Waals surface area contributed by atoms with Gasteiger partial charge in [0.15, 0.2) is 0 Å². The second-order valence-electron chi connectivity index (χ2n) is 22.3. The van der Waals surface area contributed by atoms with Gasteiger partial charge in [0.1, 0.15) is 30.0 Å². The third kappa shape index (κ3) is 11.3. The van der Waals surface area contributed by atoms with E-state index in [9.17, 15) is 19.5 Å². The predicted octanol–water partition coefficient (Wildman–Crippen LogP) is 8.13. The molecule has 0 spiro atoms. The Bertz CT molecular complexity index is 2950. The lowest BCUT2D eigenvalue weighted by molar-refractivity contribution is -0.154. The van der Waals surface area contributed by atoms with Crippen molar-refractivity contribution in [3.8, 4) is 28.1 Å². The van der Waals surface area contributed by atoms with E-state index in [-0.39, 0.29) is 61.0 Å². The minimum Gasteiger partial charge on any atom is -0.508 e. The molecule has 8 atom stereocenters. The third-order valence-corrected chi connectivity index (χ3v) is 16.8. The summed E-state index contributed by atoms with van der Waals surface area (Å²) in [5.74, 6) is -2.46. The number of fused-ring (bicyclic) bond motifs is 6. The number of rotatable bonds is 12. The molecule has 5 aromatic rings. The number of hydrogen-bond donors (Lipinski definition) is 3. The molecule has 6 bridgehead atoms. The van der Waals surface area contributed by atoms with Crippen molar-refractivity contribution in [3.05, 3.63) is 101 Å². The molecule has 3 amide bonds. The molecule has 0 aliphatic carbocycles. The Kier molecular flexibility index (Phi) is 17.1. The van der Waals surface area contributed by atoms with Crippen molar-refractivity contribution >= 4 is 40.3 Å². The summed E-state index contributed by atoms with van der Waals surface area (Å²) < 4.78 is 20.8. The fraction of sp³-hybridized carbons (Fsp3) is 0.525. The highest BCUT2D eigenvalue weighted by Crippen LogP contribution is 2.47. The van der Waals surface area contributed by atoms with Gasteiger partial charge < -0.3 is 43.9 Å². The summed E-state index contributed by atoms with van der Waals surface area (Å²) in [6.45, 7) is 19.5. The summed E-state index contributed by atoms with van der Waals surface area (Å²) in [4.78, 5) is 69.9. The van der Waals surface area contributed by atoms with Crippen LogP contribution < -0.4 is 15.6 Å². The molecule has 16 heteroatoms. The Morgan fingerprint density at radius 3 is 2.43 bits per heavy atom. The molecule has 412 valence electrons. The van der Waals surface area contributed by atoms with E-state index in [4.69, 9.17) is 19.2 Å². The van der Waals surface area contributed by atoms with Crippen molar-refractivity contribution in [1.82, 2.24) is 35.1 Å². The van der Waals surface area contributed by atoms with Crippen molar-refractivity contribution in [2.24, 2.45) is 11.8 Å². The largest absolute Gasteiger partial charge is 0.508 e. The molecule has 3 aromatic carbocycles. The van der Waals surface area contributed by atoms with Gasteiger partial charge in [-0.25, -0.2) is 5.43 Å². The number of anilines is 1. The zero-order valence-electron chi connectivity index (χ0n) is 46.8. The number of cyclic esters (lactones) is 1. The van der Waals surface area contributed by atoms with E-state index in [1.807, 2.05) is 63.4 Å². The Hall–Kier alpha value is -6.33. The molecule has 9 rings (SSSR count). The number of aromatic nitrogens is 2. The number of piperazine rings is 1. The van der Waals surface area contributed by atoms with Crippen LogP contribution in [0.1, 0.15) is 113 Å². The van der Waals surface area contributed by atoms with Gasteiger partial charge in [0, 0.05) is 88.8 Å². The number of methoxy groups -OCH3 is 1. The first-order valence-electron chi connectivity index (χ1n) is 28.0.